The third kappa shape index (κ3) is 6.94. The molecule has 0 aliphatic rings. The third-order valence-electron chi connectivity index (χ3n) is 3.10. The highest BCUT2D eigenvalue weighted by Crippen LogP contribution is 2.78. The van der Waals surface area contributed by atoms with Crippen molar-refractivity contribution in [1.29, 1.82) is 0 Å². The summed E-state index contributed by atoms with van der Waals surface area (Å²) in [4.78, 5) is 0. The van der Waals surface area contributed by atoms with Crippen LogP contribution < -0.4 is 0 Å². The third-order valence-corrected chi connectivity index (χ3v) is 40.8. The fourth-order valence-corrected chi connectivity index (χ4v) is 17.9. The number of alkyl halides is 19. The number of rotatable bonds is 7. The van der Waals surface area contributed by atoms with Crippen LogP contribution in [0, 0.1) is 0 Å². The van der Waals surface area contributed by atoms with Crippen LogP contribution in [-0.2, 0) is 0 Å². The first-order valence-corrected chi connectivity index (χ1v) is 20.9. The first-order valence-electron chi connectivity index (χ1n) is 5.81. The van der Waals surface area contributed by atoms with Crippen molar-refractivity contribution in [3.8, 4) is 0 Å². The maximum absolute atomic E-state index is 10.6. The molecule has 0 fully saturated rings. The van der Waals surface area contributed by atoms with Crippen molar-refractivity contribution in [3.05, 3.63) is 0 Å². The summed E-state index contributed by atoms with van der Waals surface area (Å²) in [5, 5.41) is 10.6. The van der Waals surface area contributed by atoms with Gasteiger partial charge in [0.1, 0.15) is 19.4 Å². The fraction of sp³-hybridized carbons (Fsp3) is 1.00. The minimum absolute atomic E-state index is 0.822. The Balaban J connectivity index is 6.82. The molecule has 1 N–H and O–H groups in total. The average molecular weight is 1640 g/mol. The Kier molecular flexibility index (Phi) is 15.9. The van der Waals surface area contributed by atoms with Crippen LogP contribution in [0.15, 0.2) is 0 Å². The summed E-state index contributed by atoms with van der Waals surface area (Å²) in [5.74, 6) is 0. The zero-order valence-corrected chi connectivity index (χ0v) is 42.3. The first kappa shape index (κ1) is 38.1. The van der Waals surface area contributed by atoms with E-state index in [1.54, 1.807) is 0 Å². The quantitative estimate of drug-likeness (QED) is 0.252. The highest BCUT2D eigenvalue weighted by atomic mass is 80.0. The molecule has 0 rings (SSSR count). The van der Waals surface area contributed by atoms with Crippen molar-refractivity contribution < 1.29 is 5.11 Å². The SMILES string of the molecule is OC(Br)(Br)C(Br)(Br)C(Br)(Br)C(Br)(Br)C(Br)(Br)C(Br)(Br)C(Br)(Br)C(Br)(Br)C(Br)(Br)Br. The molecule has 0 aromatic heterocycles. The van der Waals surface area contributed by atoms with Crippen LogP contribution >= 0.6 is 303 Å². The second-order valence-electron chi connectivity index (χ2n) is 5.06. The van der Waals surface area contributed by atoms with Crippen LogP contribution in [0.3, 0.4) is 0 Å². The smallest absolute Gasteiger partial charge is 0.202 e. The predicted octanol–water partition coefficient (Wildman–Crippen LogP) is 13.7. The predicted molar refractivity (Wildman–Crippen MR) is 196 cm³/mol. The number of aliphatic hydroxyl groups is 1. The van der Waals surface area contributed by atoms with Gasteiger partial charge in [0.2, 0.25) is 3.42 Å². The van der Waals surface area contributed by atoms with Crippen LogP contribution in [0.25, 0.3) is 0 Å². The van der Waals surface area contributed by atoms with Gasteiger partial charge in [-0.2, -0.15) is 0 Å². The summed E-state index contributed by atoms with van der Waals surface area (Å²) in [6.45, 7) is 0. The van der Waals surface area contributed by atoms with Gasteiger partial charge in [0, 0.05) is 0 Å². The Labute approximate surface area is 328 Å². The summed E-state index contributed by atoms with van der Waals surface area (Å²) in [5.41, 5.74) is 0. The lowest BCUT2D eigenvalue weighted by Gasteiger charge is -2.58. The van der Waals surface area contributed by atoms with Crippen LogP contribution in [0.1, 0.15) is 0 Å². The molecule has 0 saturated heterocycles. The van der Waals surface area contributed by atoms with Crippen LogP contribution in [0.4, 0.5) is 0 Å². The van der Waals surface area contributed by atoms with E-state index >= 15 is 0 Å². The van der Waals surface area contributed by atoms with E-state index in [4.69, 9.17) is 0 Å². The molecule has 0 unspecified atom stereocenters. The molecule has 29 heavy (non-hydrogen) atoms. The molecular formula is C9HBr19O. The largest absolute Gasteiger partial charge is 0.368 e. The van der Waals surface area contributed by atoms with Gasteiger partial charge in [-0.3, -0.25) is 0 Å². The molecule has 0 aliphatic carbocycles. The van der Waals surface area contributed by atoms with Crippen LogP contribution in [0.5, 0.6) is 0 Å². The molecule has 20 heteroatoms. The topological polar surface area (TPSA) is 20.2 Å². The van der Waals surface area contributed by atoms with Gasteiger partial charge >= 0.3 is 0 Å². The van der Waals surface area contributed by atoms with E-state index in [2.05, 4.69) is 303 Å². The first-order chi connectivity index (χ1) is 12.0. The minimum atomic E-state index is -1.60. The van der Waals surface area contributed by atoms with Crippen LogP contribution in [-0.4, -0.2) is 33.3 Å². The Morgan fingerprint density at radius 1 is 0.276 bits per heavy atom. The fourth-order valence-electron chi connectivity index (χ4n) is 1.35. The van der Waals surface area contributed by atoms with E-state index in [0.29, 0.717) is 0 Å². The molecule has 0 aliphatic heterocycles. The maximum Gasteiger partial charge on any atom is 0.202 e. The Bertz CT molecular complexity index is 554. The Hall–Kier alpha value is 9.08. The average Bonchev–Trinajstić information content (AvgIpc) is 2.43. The standard InChI is InChI=1S/C9HBr19O/c10-1(11,2(12,13)4(16,17)6(20,21)8(24,25)26)3(14,15)5(18,19)7(22,23)9(27,28)29/h29H. The summed E-state index contributed by atoms with van der Waals surface area (Å²) in [6.07, 6.45) is 0. The van der Waals surface area contributed by atoms with Crippen LogP contribution in [0.2, 0.25) is 0 Å². The summed E-state index contributed by atoms with van der Waals surface area (Å²) >= 11 is 69.0. The van der Waals surface area contributed by atoms with Crippen molar-refractivity contribution in [2.75, 3.05) is 0 Å². The summed E-state index contributed by atoms with van der Waals surface area (Å²) in [7, 11) is 0. The maximum atomic E-state index is 10.6. The Morgan fingerprint density at radius 2 is 0.448 bits per heavy atom. The van der Waals surface area contributed by atoms with Crippen molar-refractivity contribution in [1.82, 2.24) is 0 Å². The van der Waals surface area contributed by atoms with Gasteiger partial charge in [-0.15, -0.1) is 0 Å². The second kappa shape index (κ2) is 12.1. The molecule has 0 saturated carbocycles. The molecule has 0 aromatic rings. The van der Waals surface area contributed by atoms with Gasteiger partial charge in [-0.05, 0) is 31.9 Å². The van der Waals surface area contributed by atoms with E-state index in [1.165, 1.54) is 0 Å². The molecule has 0 atom stereocenters. The number of hydrogen-bond acceptors (Lipinski definition) is 1. The van der Waals surface area contributed by atoms with Gasteiger partial charge in [-0.1, -0.05) is 271 Å². The zero-order chi connectivity index (χ0) is 24.5. The van der Waals surface area contributed by atoms with Gasteiger partial charge in [0.15, 0.2) is 5.38 Å². The molecule has 0 amide bonds. The van der Waals surface area contributed by atoms with E-state index < -0.39 is 28.2 Å². The second-order valence-corrected chi connectivity index (χ2v) is 39.3. The molecule has 0 bridgehead atoms. The lowest BCUT2D eigenvalue weighted by Crippen LogP contribution is -2.69. The molecule has 0 heterocycles. The van der Waals surface area contributed by atoms with E-state index in [-0.39, 0.29) is 0 Å². The molecule has 1 nitrogen and oxygen atoms in total. The van der Waals surface area contributed by atoms with Gasteiger partial charge in [0.25, 0.3) is 0 Å². The van der Waals surface area contributed by atoms with Gasteiger partial charge < -0.3 is 5.11 Å². The monoisotopic (exact) mass is 1620 g/mol. The van der Waals surface area contributed by atoms with E-state index in [9.17, 15) is 5.11 Å². The number of hydrogen-bond donors (Lipinski definition) is 1. The molecule has 0 spiro atoms. The molecule has 0 radical (unpaired) electrons. The lowest BCUT2D eigenvalue weighted by molar-refractivity contribution is 0.228. The molecule has 176 valence electrons. The molecular weight excluding hydrogens is 1640 g/mol. The Morgan fingerprint density at radius 3 is 0.621 bits per heavy atom. The zero-order valence-electron chi connectivity index (χ0n) is 12.1. The minimum Gasteiger partial charge on any atom is -0.368 e. The van der Waals surface area contributed by atoms with Crippen molar-refractivity contribution in [3.63, 3.8) is 0 Å². The van der Waals surface area contributed by atoms with E-state index in [0.717, 1.165) is 0 Å². The summed E-state index contributed by atoms with van der Waals surface area (Å²) < 4.78 is -10.1. The highest BCUT2D eigenvalue weighted by Gasteiger charge is 2.78. The van der Waals surface area contributed by atoms with Gasteiger partial charge in [0.05, 0.1) is 0 Å². The van der Waals surface area contributed by atoms with Crippen molar-refractivity contribution in [2.24, 2.45) is 0 Å². The van der Waals surface area contributed by atoms with Crippen molar-refractivity contribution in [2.45, 2.75) is 28.2 Å². The normalized spacial score (nSPS) is 17.0. The van der Waals surface area contributed by atoms with E-state index in [1.807, 2.05) is 0 Å². The molecule has 0 aromatic carbocycles. The van der Waals surface area contributed by atoms with Crippen molar-refractivity contribution >= 4 is 303 Å². The lowest BCUT2D eigenvalue weighted by atomic mass is 10.1. The number of halogens is 19. The van der Waals surface area contributed by atoms with Gasteiger partial charge in [-0.25, -0.2) is 0 Å². The highest BCUT2D eigenvalue weighted by molar-refractivity contribution is 9.42. The summed E-state index contributed by atoms with van der Waals surface area (Å²) in [6, 6.07) is 0.